The van der Waals surface area contributed by atoms with Gasteiger partial charge in [0, 0.05) is 13.1 Å². The van der Waals surface area contributed by atoms with Crippen LogP contribution in [0.5, 0.6) is 0 Å². The summed E-state index contributed by atoms with van der Waals surface area (Å²) >= 11 is 0. The fraction of sp³-hybridized carbons (Fsp3) is 0.409. The summed E-state index contributed by atoms with van der Waals surface area (Å²) in [6, 6.07) is 10.4. The second kappa shape index (κ2) is 9.43. The zero-order valence-corrected chi connectivity index (χ0v) is 19.2. The lowest BCUT2D eigenvalue weighted by Crippen LogP contribution is -2.40. The smallest absolute Gasteiger partial charge is 0.393 e. The molecule has 1 unspecified atom stereocenters. The quantitative estimate of drug-likeness (QED) is 0.561. The van der Waals surface area contributed by atoms with Crippen molar-refractivity contribution in [1.82, 2.24) is 25.1 Å². The zero-order valence-electron chi connectivity index (χ0n) is 18.4. The average molecular weight is 496 g/mol. The Bertz CT molecular complexity index is 1240. The number of hydrogen-bond acceptors (Lipinski definition) is 7. The maximum Gasteiger partial charge on any atom is 0.416 e. The van der Waals surface area contributed by atoms with E-state index in [-0.39, 0.29) is 16.3 Å². The van der Waals surface area contributed by atoms with Crippen LogP contribution in [0, 0.1) is 6.92 Å². The molecule has 34 heavy (non-hydrogen) atoms. The number of likely N-dealkylation sites (tertiary alicyclic amines) is 1. The molecule has 1 fully saturated rings. The van der Waals surface area contributed by atoms with Gasteiger partial charge in [-0.2, -0.15) is 13.2 Å². The molecule has 2 heterocycles. The number of benzene rings is 2. The molecule has 182 valence electrons. The molecule has 8 nitrogen and oxygen atoms in total. The Morgan fingerprint density at radius 1 is 1.12 bits per heavy atom. The predicted molar refractivity (Wildman–Crippen MR) is 116 cm³/mol. The van der Waals surface area contributed by atoms with Crippen LogP contribution in [0.4, 0.5) is 13.2 Å². The molecule has 1 saturated heterocycles. The van der Waals surface area contributed by atoms with Crippen molar-refractivity contribution in [2.24, 2.45) is 0 Å². The summed E-state index contributed by atoms with van der Waals surface area (Å²) in [6.07, 6.45) is -4.19. The van der Waals surface area contributed by atoms with Gasteiger partial charge in [-0.05, 0) is 60.0 Å². The number of aromatic nitrogens is 4. The molecule has 4 rings (SSSR count). The summed E-state index contributed by atoms with van der Waals surface area (Å²) in [6.45, 7) is 2.62. The molecule has 0 amide bonds. The van der Waals surface area contributed by atoms with Crippen LogP contribution in [-0.4, -0.2) is 57.8 Å². The van der Waals surface area contributed by atoms with Crippen LogP contribution in [0.1, 0.15) is 41.4 Å². The number of halogens is 3. The van der Waals surface area contributed by atoms with Gasteiger partial charge in [0.15, 0.2) is 21.5 Å². The molecule has 0 radical (unpaired) electrons. The Labute approximate surface area is 194 Å². The Hall–Kier alpha value is -2.83. The van der Waals surface area contributed by atoms with Gasteiger partial charge in [0.05, 0.1) is 22.6 Å². The Balaban J connectivity index is 1.74. The van der Waals surface area contributed by atoms with Crippen molar-refractivity contribution in [1.29, 1.82) is 0 Å². The lowest BCUT2D eigenvalue weighted by molar-refractivity contribution is -0.137. The number of sulfone groups is 1. The molecule has 1 atom stereocenters. The lowest BCUT2D eigenvalue weighted by Gasteiger charge is -2.35. The number of rotatable bonds is 6. The van der Waals surface area contributed by atoms with Gasteiger partial charge in [-0.15, -0.1) is 5.10 Å². The fourth-order valence-corrected chi connectivity index (χ4v) is 5.24. The summed E-state index contributed by atoms with van der Waals surface area (Å²) in [5.74, 6) is -0.448. The molecule has 1 aromatic heterocycles. The van der Waals surface area contributed by atoms with Crippen LogP contribution in [0.25, 0.3) is 0 Å². The molecule has 1 N–H and O–H groups in total. The molecule has 12 heteroatoms. The van der Waals surface area contributed by atoms with Gasteiger partial charge in [-0.1, -0.05) is 29.8 Å². The van der Waals surface area contributed by atoms with Crippen molar-refractivity contribution in [3.05, 3.63) is 71.0 Å². The van der Waals surface area contributed by atoms with Gasteiger partial charge in [0.25, 0.3) is 0 Å². The average Bonchev–Trinajstić information content (AvgIpc) is 3.22. The first-order valence-electron chi connectivity index (χ1n) is 10.7. The van der Waals surface area contributed by atoms with Crippen molar-refractivity contribution < 1.29 is 26.7 Å². The van der Waals surface area contributed by atoms with Gasteiger partial charge >= 0.3 is 6.18 Å². The zero-order chi connectivity index (χ0) is 24.5. The van der Waals surface area contributed by atoms with E-state index in [2.05, 4.69) is 15.5 Å². The first kappa shape index (κ1) is 24.3. The lowest BCUT2D eigenvalue weighted by atomic mass is 9.98. The highest BCUT2D eigenvalue weighted by atomic mass is 32.2. The van der Waals surface area contributed by atoms with E-state index in [0.717, 1.165) is 22.4 Å². The second-order valence-corrected chi connectivity index (χ2v) is 10.3. The van der Waals surface area contributed by atoms with E-state index >= 15 is 0 Å². The summed E-state index contributed by atoms with van der Waals surface area (Å²) in [7, 11) is -3.83. The third kappa shape index (κ3) is 5.29. The highest BCUT2D eigenvalue weighted by molar-refractivity contribution is 7.90. The van der Waals surface area contributed by atoms with E-state index in [1.807, 2.05) is 11.8 Å². The van der Waals surface area contributed by atoms with E-state index in [9.17, 15) is 26.7 Å². The molecular weight excluding hydrogens is 471 g/mol. The number of aryl methyl sites for hydroxylation is 1. The maximum atomic E-state index is 13.4. The first-order valence-corrected chi connectivity index (χ1v) is 12.3. The Kier molecular flexibility index (Phi) is 6.74. The SMILES string of the molecule is Cc1ccc(S(=O)(=O)Cn2nnnc2C(c2cccc(C(F)(F)F)c2)N2CCC(O)CC2)cc1. The van der Waals surface area contributed by atoms with E-state index < -0.39 is 39.6 Å². The molecule has 3 aromatic rings. The largest absolute Gasteiger partial charge is 0.416 e. The van der Waals surface area contributed by atoms with Crippen LogP contribution >= 0.6 is 0 Å². The molecule has 2 aromatic carbocycles. The van der Waals surface area contributed by atoms with Crippen molar-refractivity contribution in [3.63, 3.8) is 0 Å². The van der Waals surface area contributed by atoms with Crippen molar-refractivity contribution in [3.8, 4) is 0 Å². The molecular formula is C22H24F3N5O3S. The third-order valence-electron chi connectivity index (χ3n) is 5.87. The number of aliphatic hydroxyl groups is 1. The Morgan fingerprint density at radius 3 is 2.44 bits per heavy atom. The van der Waals surface area contributed by atoms with E-state index in [4.69, 9.17) is 0 Å². The van der Waals surface area contributed by atoms with Crippen LogP contribution in [0.3, 0.4) is 0 Å². The van der Waals surface area contributed by atoms with Gasteiger partial charge in [0.1, 0.15) is 0 Å². The number of piperidine rings is 1. The molecule has 0 bridgehead atoms. The van der Waals surface area contributed by atoms with Crippen LogP contribution in [0.2, 0.25) is 0 Å². The highest BCUT2D eigenvalue weighted by Gasteiger charge is 2.35. The van der Waals surface area contributed by atoms with Gasteiger partial charge in [-0.3, -0.25) is 4.90 Å². The molecule has 0 spiro atoms. The Morgan fingerprint density at radius 2 is 1.79 bits per heavy atom. The minimum atomic E-state index is -4.54. The standard InChI is InChI=1S/C22H24F3N5O3S/c1-15-5-7-19(8-6-15)34(32,33)14-30-21(26-27-28-30)20(29-11-9-18(31)10-12-29)16-3-2-4-17(13-16)22(23,24)25/h2-8,13,18,20,31H,9-12,14H2,1H3. The predicted octanol–water partition coefficient (Wildman–Crippen LogP) is 2.98. The summed E-state index contributed by atoms with van der Waals surface area (Å²) < 4.78 is 67.4. The molecule has 1 aliphatic heterocycles. The third-order valence-corrected chi connectivity index (χ3v) is 7.45. The molecule has 1 aliphatic rings. The fourth-order valence-electron chi connectivity index (χ4n) is 4.03. The summed E-state index contributed by atoms with van der Waals surface area (Å²) in [5.41, 5.74) is 0.368. The number of alkyl halides is 3. The second-order valence-electron chi connectivity index (χ2n) is 8.39. The van der Waals surface area contributed by atoms with Crippen molar-refractivity contribution >= 4 is 9.84 Å². The van der Waals surface area contributed by atoms with E-state index in [0.29, 0.717) is 25.9 Å². The van der Waals surface area contributed by atoms with Crippen LogP contribution in [0.15, 0.2) is 53.4 Å². The normalized spacial score (nSPS) is 17.1. The minimum absolute atomic E-state index is 0.0938. The number of nitrogens with zero attached hydrogens (tertiary/aromatic N) is 5. The first-order chi connectivity index (χ1) is 16.0. The maximum absolute atomic E-state index is 13.4. The van der Waals surface area contributed by atoms with E-state index in [1.54, 1.807) is 18.2 Å². The van der Waals surface area contributed by atoms with Crippen LogP contribution < -0.4 is 0 Å². The number of hydrogen-bond donors (Lipinski definition) is 1. The number of aliphatic hydroxyl groups excluding tert-OH is 1. The van der Waals surface area contributed by atoms with Gasteiger partial charge in [0.2, 0.25) is 0 Å². The number of tetrazole rings is 1. The van der Waals surface area contributed by atoms with Gasteiger partial charge < -0.3 is 5.11 Å². The minimum Gasteiger partial charge on any atom is -0.393 e. The molecule has 0 saturated carbocycles. The van der Waals surface area contributed by atoms with Crippen LogP contribution in [-0.2, 0) is 21.9 Å². The van der Waals surface area contributed by atoms with Crippen molar-refractivity contribution in [2.75, 3.05) is 13.1 Å². The van der Waals surface area contributed by atoms with Crippen molar-refractivity contribution in [2.45, 2.75) is 48.9 Å². The summed E-state index contributed by atoms with van der Waals surface area (Å²) in [4.78, 5) is 1.96. The summed E-state index contributed by atoms with van der Waals surface area (Å²) in [5, 5.41) is 21.4. The highest BCUT2D eigenvalue weighted by Crippen LogP contribution is 2.35. The van der Waals surface area contributed by atoms with E-state index in [1.165, 1.54) is 18.2 Å². The topological polar surface area (TPSA) is 101 Å². The van der Waals surface area contributed by atoms with Gasteiger partial charge in [-0.25, -0.2) is 13.1 Å². The molecule has 0 aliphatic carbocycles. The monoisotopic (exact) mass is 495 g/mol.